The standard InChI is InChI=1S/C26H32FN3O2/c27-22-9-7-19(8-10-22)18-30-14-12-29(13-15-30)11-3-6-24-26(31)28-23-16-20-4-1-2-5-21(20)17-25(23)32-24/h7-10,16-17,24H,1-6,11-15,18H2,(H,28,31). The van der Waals surface area contributed by atoms with Gasteiger partial charge in [-0.1, -0.05) is 12.1 Å². The molecule has 5 nitrogen and oxygen atoms in total. The van der Waals surface area contributed by atoms with Crippen LogP contribution in [0.1, 0.15) is 42.4 Å². The lowest BCUT2D eigenvalue weighted by atomic mass is 9.90. The van der Waals surface area contributed by atoms with E-state index in [-0.39, 0.29) is 11.7 Å². The van der Waals surface area contributed by atoms with E-state index in [2.05, 4.69) is 27.2 Å². The summed E-state index contributed by atoms with van der Waals surface area (Å²) in [5.41, 5.74) is 4.73. The third kappa shape index (κ3) is 4.97. The summed E-state index contributed by atoms with van der Waals surface area (Å²) >= 11 is 0. The van der Waals surface area contributed by atoms with Crippen molar-refractivity contribution >= 4 is 11.6 Å². The fourth-order valence-electron chi connectivity index (χ4n) is 5.09. The molecule has 3 aliphatic rings. The van der Waals surface area contributed by atoms with Gasteiger partial charge in [-0.2, -0.15) is 0 Å². The second kappa shape index (κ2) is 9.59. The summed E-state index contributed by atoms with van der Waals surface area (Å²) in [6.45, 7) is 5.91. The van der Waals surface area contributed by atoms with Crippen molar-refractivity contribution in [2.24, 2.45) is 0 Å². The molecule has 170 valence electrons. The van der Waals surface area contributed by atoms with Crippen molar-refractivity contribution < 1.29 is 13.9 Å². The third-order valence-corrected chi connectivity index (χ3v) is 6.99. The third-order valence-electron chi connectivity index (χ3n) is 6.99. The molecule has 1 saturated heterocycles. The van der Waals surface area contributed by atoms with Crippen LogP contribution in [0.4, 0.5) is 10.1 Å². The molecule has 2 aromatic carbocycles. The Morgan fingerprint density at radius 1 is 0.969 bits per heavy atom. The van der Waals surface area contributed by atoms with E-state index in [1.807, 2.05) is 12.1 Å². The number of piperazine rings is 1. The van der Waals surface area contributed by atoms with Gasteiger partial charge in [0.05, 0.1) is 5.69 Å². The van der Waals surface area contributed by atoms with Crippen LogP contribution in [0.15, 0.2) is 36.4 Å². The predicted octanol–water partition coefficient (Wildman–Crippen LogP) is 4.00. The Kier molecular flexibility index (Phi) is 6.42. The number of carbonyl (C=O) groups excluding carboxylic acids is 1. The smallest absolute Gasteiger partial charge is 0.265 e. The lowest BCUT2D eigenvalue weighted by Crippen LogP contribution is -2.46. The molecule has 1 atom stereocenters. The number of ether oxygens (including phenoxy) is 1. The van der Waals surface area contributed by atoms with Gasteiger partial charge in [-0.25, -0.2) is 4.39 Å². The molecule has 0 saturated carbocycles. The van der Waals surface area contributed by atoms with Crippen LogP contribution in [-0.2, 0) is 24.2 Å². The van der Waals surface area contributed by atoms with Crippen molar-refractivity contribution in [3.8, 4) is 5.75 Å². The van der Waals surface area contributed by atoms with E-state index in [9.17, 15) is 9.18 Å². The van der Waals surface area contributed by atoms with Crippen LogP contribution in [-0.4, -0.2) is 54.5 Å². The minimum Gasteiger partial charge on any atom is -0.478 e. The van der Waals surface area contributed by atoms with E-state index in [1.165, 1.54) is 36.1 Å². The molecule has 1 aliphatic carbocycles. The summed E-state index contributed by atoms with van der Waals surface area (Å²) in [4.78, 5) is 17.4. The monoisotopic (exact) mass is 437 g/mol. The van der Waals surface area contributed by atoms with Crippen LogP contribution < -0.4 is 10.1 Å². The highest BCUT2D eigenvalue weighted by Crippen LogP contribution is 2.36. The quantitative estimate of drug-likeness (QED) is 0.742. The summed E-state index contributed by atoms with van der Waals surface area (Å²) in [7, 11) is 0. The van der Waals surface area contributed by atoms with Crippen molar-refractivity contribution in [3.05, 3.63) is 58.9 Å². The van der Waals surface area contributed by atoms with E-state index < -0.39 is 6.10 Å². The molecule has 32 heavy (non-hydrogen) atoms. The highest BCUT2D eigenvalue weighted by molar-refractivity contribution is 5.97. The van der Waals surface area contributed by atoms with Crippen molar-refractivity contribution in [1.29, 1.82) is 0 Å². The fourth-order valence-corrected chi connectivity index (χ4v) is 5.09. The summed E-state index contributed by atoms with van der Waals surface area (Å²) in [6.07, 6.45) is 5.94. The Morgan fingerprint density at radius 2 is 1.66 bits per heavy atom. The molecule has 1 unspecified atom stereocenters. The molecule has 1 amide bonds. The van der Waals surface area contributed by atoms with Gasteiger partial charge in [0.25, 0.3) is 5.91 Å². The number of fused-ring (bicyclic) bond motifs is 2. The molecular formula is C26H32FN3O2. The Morgan fingerprint density at radius 3 is 2.41 bits per heavy atom. The van der Waals surface area contributed by atoms with Crippen LogP contribution in [0.25, 0.3) is 0 Å². The molecule has 0 spiro atoms. The van der Waals surface area contributed by atoms with Gasteiger partial charge in [0, 0.05) is 32.7 Å². The zero-order valence-corrected chi connectivity index (χ0v) is 18.6. The second-order valence-electron chi connectivity index (χ2n) is 9.31. The maximum atomic E-state index is 13.1. The minimum atomic E-state index is -0.399. The molecule has 2 heterocycles. The number of benzene rings is 2. The summed E-state index contributed by atoms with van der Waals surface area (Å²) in [6, 6.07) is 11.1. The molecule has 0 aromatic heterocycles. The Labute approximate surface area is 189 Å². The number of amides is 1. The molecule has 1 fully saturated rings. The van der Waals surface area contributed by atoms with E-state index in [0.717, 1.165) is 82.0 Å². The van der Waals surface area contributed by atoms with Crippen LogP contribution in [0, 0.1) is 5.82 Å². The number of anilines is 1. The number of hydrogen-bond donors (Lipinski definition) is 1. The molecule has 1 N–H and O–H groups in total. The first-order valence-corrected chi connectivity index (χ1v) is 12.0. The summed E-state index contributed by atoms with van der Waals surface area (Å²) in [5, 5.41) is 3.07. The van der Waals surface area contributed by atoms with Gasteiger partial charge in [-0.3, -0.25) is 9.69 Å². The SMILES string of the molecule is O=C1Nc2cc3c(cc2OC1CCCN1CCN(Cc2ccc(F)cc2)CC1)CCCC3. The summed E-state index contributed by atoms with van der Waals surface area (Å²) in [5.74, 6) is 0.638. The van der Waals surface area contributed by atoms with Gasteiger partial charge in [-0.15, -0.1) is 0 Å². The number of hydrogen-bond acceptors (Lipinski definition) is 4. The first-order chi connectivity index (χ1) is 15.6. The number of carbonyl (C=O) groups is 1. The summed E-state index contributed by atoms with van der Waals surface area (Å²) < 4.78 is 19.2. The molecule has 0 bridgehead atoms. The number of halogens is 1. The zero-order valence-electron chi connectivity index (χ0n) is 18.6. The van der Waals surface area contributed by atoms with E-state index in [1.54, 1.807) is 0 Å². The highest BCUT2D eigenvalue weighted by atomic mass is 19.1. The van der Waals surface area contributed by atoms with Gasteiger partial charge >= 0.3 is 0 Å². The average molecular weight is 438 g/mol. The van der Waals surface area contributed by atoms with Gasteiger partial charge in [0.15, 0.2) is 6.10 Å². The maximum absolute atomic E-state index is 13.1. The maximum Gasteiger partial charge on any atom is 0.265 e. The van der Waals surface area contributed by atoms with E-state index in [4.69, 9.17) is 4.74 Å². The molecule has 6 heteroatoms. The van der Waals surface area contributed by atoms with Crippen LogP contribution in [0.5, 0.6) is 5.75 Å². The first kappa shape index (κ1) is 21.4. The topological polar surface area (TPSA) is 44.8 Å². The number of nitrogens with zero attached hydrogens (tertiary/aromatic N) is 2. The Bertz CT molecular complexity index is 954. The molecule has 2 aromatic rings. The van der Waals surface area contributed by atoms with Gasteiger partial charge in [0.2, 0.25) is 0 Å². The van der Waals surface area contributed by atoms with Gasteiger partial charge < -0.3 is 15.0 Å². The lowest BCUT2D eigenvalue weighted by molar-refractivity contribution is -0.123. The molecular weight excluding hydrogens is 405 g/mol. The molecule has 5 rings (SSSR count). The predicted molar refractivity (Wildman–Crippen MR) is 123 cm³/mol. The van der Waals surface area contributed by atoms with E-state index >= 15 is 0 Å². The van der Waals surface area contributed by atoms with Crippen LogP contribution in [0.3, 0.4) is 0 Å². The number of nitrogens with one attached hydrogen (secondary N) is 1. The molecule has 0 radical (unpaired) electrons. The van der Waals surface area contributed by atoms with Crippen molar-refractivity contribution in [1.82, 2.24) is 9.80 Å². The lowest BCUT2D eigenvalue weighted by Gasteiger charge is -2.35. The van der Waals surface area contributed by atoms with Crippen molar-refractivity contribution in [2.45, 2.75) is 51.2 Å². The Hall–Kier alpha value is -2.44. The minimum absolute atomic E-state index is 0.0163. The Balaban J connectivity index is 1.07. The molecule has 2 aliphatic heterocycles. The fraction of sp³-hybridized carbons (Fsp3) is 0.500. The number of rotatable bonds is 6. The number of aryl methyl sites for hydroxylation is 2. The average Bonchev–Trinajstić information content (AvgIpc) is 2.81. The van der Waals surface area contributed by atoms with Crippen molar-refractivity contribution in [2.75, 3.05) is 38.0 Å². The second-order valence-corrected chi connectivity index (χ2v) is 9.31. The van der Waals surface area contributed by atoms with Crippen LogP contribution in [0.2, 0.25) is 0 Å². The largest absolute Gasteiger partial charge is 0.478 e. The van der Waals surface area contributed by atoms with Gasteiger partial charge in [-0.05, 0) is 86.0 Å². The normalized spacial score (nSPS) is 21.4. The highest BCUT2D eigenvalue weighted by Gasteiger charge is 2.29. The van der Waals surface area contributed by atoms with Gasteiger partial charge in [0.1, 0.15) is 11.6 Å². The first-order valence-electron chi connectivity index (χ1n) is 12.0. The zero-order chi connectivity index (χ0) is 21.9. The van der Waals surface area contributed by atoms with Crippen LogP contribution >= 0.6 is 0 Å². The van der Waals surface area contributed by atoms with Crippen molar-refractivity contribution in [3.63, 3.8) is 0 Å². The van der Waals surface area contributed by atoms with E-state index in [0.29, 0.717) is 0 Å².